The minimum atomic E-state index is -0.790. The molecule has 2 N–H and O–H groups in total. The van der Waals surface area contributed by atoms with Crippen molar-refractivity contribution < 1.29 is 14.4 Å². The molecular weight excluding hydrogens is 246 g/mol. The van der Waals surface area contributed by atoms with Gasteiger partial charge < -0.3 is 14.9 Å². The molecule has 0 radical (unpaired) electrons. The van der Waals surface area contributed by atoms with E-state index >= 15 is 0 Å². The summed E-state index contributed by atoms with van der Waals surface area (Å²) in [6.45, 7) is 6.44. The number of aryl methyl sites for hydroxylation is 1. The molecule has 0 bridgehead atoms. The Morgan fingerprint density at radius 2 is 2.42 bits per heavy atom. The van der Waals surface area contributed by atoms with Gasteiger partial charge in [-0.15, -0.1) is 0 Å². The summed E-state index contributed by atoms with van der Waals surface area (Å²) in [6, 6.07) is 1.70. The number of hydrogen-bond donors (Lipinski definition) is 2. The lowest BCUT2D eigenvalue weighted by atomic mass is 9.97. The number of amides is 1. The third-order valence-electron chi connectivity index (χ3n) is 3.42. The van der Waals surface area contributed by atoms with Crippen LogP contribution in [0.4, 0.5) is 5.82 Å². The van der Waals surface area contributed by atoms with Crippen molar-refractivity contribution in [1.29, 1.82) is 0 Å². The highest BCUT2D eigenvalue weighted by atomic mass is 16.5. The average molecular weight is 267 g/mol. The third kappa shape index (κ3) is 3.54. The molecule has 0 aliphatic carbocycles. The molecule has 1 aromatic heterocycles. The lowest BCUT2D eigenvalue weighted by Gasteiger charge is -2.33. The third-order valence-corrected chi connectivity index (χ3v) is 3.42. The molecule has 0 aromatic carbocycles. The highest BCUT2D eigenvalue weighted by Crippen LogP contribution is 2.26. The molecule has 0 saturated carbocycles. The first-order chi connectivity index (χ1) is 8.86. The van der Waals surface area contributed by atoms with Crippen molar-refractivity contribution in [2.45, 2.75) is 45.3 Å². The predicted octanol–water partition coefficient (Wildman–Crippen LogP) is 1.16. The van der Waals surface area contributed by atoms with Crippen LogP contribution in [0.1, 0.15) is 32.4 Å². The van der Waals surface area contributed by atoms with Gasteiger partial charge in [0.1, 0.15) is 5.76 Å². The van der Waals surface area contributed by atoms with Crippen LogP contribution < -0.4 is 5.32 Å². The second-order valence-electron chi connectivity index (χ2n) is 5.65. The second kappa shape index (κ2) is 5.30. The lowest BCUT2D eigenvalue weighted by molar-refractivity contribution is -0.118. The summed E-state index contributed by atoms with van der Waals surface area (Å²) in [5, 5.41) is 16.5. The first-order valence-corrected chi connectivity index (χ1v) is 6.56. The van der Waals surface area contributed by atoms with E-state index in [4.69, 9.17) is 4.52 Å². The van der Waals surface area contributed by atoms with Gasteiger partial charge in [0.2, 0.25) is 5.91 Å². The molecule has 1 atom stereocenters. The van der Waals surface area contributed by atoms with Crippen molar-refractivity contribution in [3.8, 4) is 0 Å². The van der Waals surface area contributed by atoms with E-state index < -0.39 is 5.60 Å². The van der Waals surface area contributed by atoms with Crippen LogP contribution in [0.15, 0.2) is 10.6 Å². The van der Waals surface area contributed by atoms with Crippen LogP contribution in [0.3, 0.4) is 0 Å². The lowest BCUT2D eigenvalue weighted by Crippen LogP contribution is -2.48. The smallest absolute Gasteiger partial charge is 0.239 e. The summed E-state index contributed by atoms with van der Waals surface area (Å²) < 4.78 is 4.89. The standard InChI is InChI=1S/C13H21N3O3/c1-9-7-11(15-19-9)14-12(17)8-16-6-4-5-10(16)13(2,3)18/h7,10,18H,4-6,8H2,1-3H3,(H,14,15,17). The van der Waals surface area contributed by atoms with E-state index in [1.807, 2.05) is 4.90 Å². The Morgan fingerprint density at radius 1 is 1.68 bits per heavy atom. The molecule has 1 fully saturated rings. The largest absolute Gasteiger partial charge is 0.389 e. The Bertz CT molecular complexity index is 450. The van der Waals surface area contributed by atoms with Crippen molar-refractivity contribution >= 4 is 11.7 Å². The number of carbonyl (C=O) groups excluding carboxylic acids is 1. The molecule has 2 rings (SSSR count). The Hall–Kier alpha value is -1.40. The van der Waals surface area contributed by atoms with Gasteiger partial charge in [0.15, 0.2) is 5.82 Å². The Balaban J connectivity index is 1.91. The number of likely N-dealkylation sites (tertiary alicyclic amines) is 1. The fraction of sp³-hybridized carbons (Fsp3) is 0.692. The van der Waals surface area contributed by atoms with Crippen molar-refractivity contribution in [3.05, 3.63) is 11.8 Å². The van der Waals surface area contributed by atoms with Crippen molar-refractivity contribution in [2.24, 2.45) is 0 Å². The number of aliphatic hydroxyl groups is 1. The second-order valence-corrected chi connectivity index (χ2v) is 5.65. The molecule has 1 aliphatic rings. The highest BCUT2D eigenvalue weighted by molar-refractivity contribution is 5.91. The summed E-state index contributed by atoms with van der Waals surface area (Å²) in [7, 11) is 0. The molecule has 0 spiro atoms. The molecular formula is C13H21N3O3. The molecule has 19 heavy (non-hydrogen) atoms. The number of anilines is 1. The van der Waals surface area contributed by atoms with E-state index in [1.54, 1.807) is 26.8 Å². The summed E-state index contributed by atoms with van der Waals surface area (Å²) in [5.41, 5.74) is -0.790. The van der Waals surface area contributed by atoms with E-state index in [2.05, 4.69) is 10.5 Å². The zero-order valence-corrected chi connectivity index (χ0v) is 11.6. The molecule has 2 heterocycles. The van der Waals surface area contributed by atoms with Gasteiger partial charge in [0.25, 0.3) is 0 Å². The molecule has 1 unspecified atom stereocenters. The van der Waals surface area contributed by atoms with Gasteiger partial charge in [-0.05, 0) is 40.2 Å². The zero-order valence-electron chi connectivity index (χ0n) is 11.6. The minimum absolute atomic E-state index is 0.0253. The van der Waals surface area contributed by atoms with E-state index in [9.17, 15) is 9.90 Å². The van der Waals surface area contributed by atoms with E-state index in [0.29, 0.717) is 11.6 Å². The van der Waals surface area contributed by atoms with Gasteiger partial charge >= 0.3 is 0 Å². The first-order valence-electron chi connectivity index (χ1n) is 6.56. The first kappa shape index (κ1) is 14.0. The zero-order chi connectivity index (χ0) is 14.0. The normalized spacial score (nSPS) is 20.7. The van der Waals surface area contributed by atoms with Crippen LogP contribution >= 0.6 is 0 Å². The van der Waals surface area contributed by atoms with Crippen LogP contribution in [0.25, 0.3) is 0 Å². The minimum Gasteiger partial charge on any atom is -0.389 e. The number of rotatable bonds is 4. The van der Waals surface area contributed by atoms with E-state index in [1.165, 1.54) is 0 Å². The summed E-state index contributed by atoms with van der Waals surface area (Å²) >= 11 is 0. The average Bonchev–Trinajstić information content (AvgIpc) is 2.86. The molecule has 106 valence electrons. The maximum absolute atomic E-state index is 11.9. The molecule has 6 heteroatoms. The van der Waals surface area contributed by atoms with E-state index in [0.717, 1.165) is 19.4 Å². The maximum atomic E-state index is 11.9. The molecule has 1 aliphatic heterocycles. The summed E-state index contributed by atoms with van der Waals surface area (Å²) in [4.78, 5) is 14.0. The number of carbonyl (C=O) groups is 1. The quantitative estimate of drug-likeness (QED) is 0.855. The van der Waals surface area contributed by atoms with E-state index in [-0.39, 0.29) is 18.5 Å². The van der Waals surface area contributed by atoms with Gasteiger partial charge in [-0.3, -0.25) is 9.69 Å². The number of nitrogens with zero attached hydrogens (tertiary/aromatic N) is 2. The Kier molecular flexibility index (Phi) is 3.91. The van der Waals surface area contributed by atoms with Crippen LogP contribution in [-0.4, -0.2) is 45.8 Å². The molecule has 6 nitrogen and oxygen atoms in total. The van der Waals surface area contributed by atoms with Gasteiger partial charge in [-0.2, -0.15) is 0 Å². The van der Waals surface area contributed by atoms with Crippen LogP contribution in [0.2, 0.25) is 0 Å². The maximum Gasteiger partial charge on any atom is 0.239 e. The van der Waals surface area contributed by atoms with Crippen LogP contribution in [0, 0.1) is 6.92 Å². The summed E-state index contributed by atoms with van der Waals surface area (Å²) in [6.07, 6.45) is 1.92. The van der Waals surface area contributed by atoms with Gasteiger partial charge in [-0.25, -0.2) is 0 Å². The number of hydrogen-bond acceptors (Lipinski definition) is 5. The van der Waals surface area contributed by atoms with Gasteiger partial charge in [-0.1, -0.05) is 5.16 Å². The topological polar surface area (TPSA) is 78.6 Å². The fourth-order valence-electron chi connectivity index (χ4n) is 2.61. The monoisotopic (exact) mass is 267 g/mol. The summed E-state index contributed by atoms with van der Waals surface area (Å²) in [5.74, 6) is 0.955. The van der Waals surface area contributed by atoms with Crippen molar-refractivity contribution in [1.82, 2.24) is 10.1 Å². The predicted molar refractivity (Wildman–Crippen MR) is 70.8 cm³/mol. The van der Waals surface area contributed by atoms with Gasteiger partial charge in [0.05, 0.1) is 12.1 Å². The number of nitrogens with one attached hydrogen (secondary N) is 1. The highest BCUT2D eigenvalue weighted by Gasteiger charge is 2.36. The molecule has 1 aromatic rings. The van der Waals surface area contributed by atoms with Crippen molar-refractivity contribution in [2.75, 3.05) is 18.4 Å². The van der Waals surface area contributed by atoms with Crippen LogP contribution in [-0.2, 0) is 4.79 Å². The number of aromatic nitrogens is 1. The van der Waals surface area contributed by atoms with Crippen LogP contribution in [0.5, 0.6) is 0 Å². The fourth-order valence-corrected chi connectivity index (χ4v) is 2.61. The SMILES string of the molecule is Cc1cc(NC(=O)CN2CCCC2C(C)(C)O)no1. The Morgan fingerprint density at radius 3 is 3.00 bits per heavy atom. The molecule has 1 amide bonds. The van der Waals surface area contributed by atoms with Gasteiger partial charge in [0, 0.05) is 12.1 Å². The molecule has 1 saturated heterocycles. The van der Waals surface area contributed by atoms with Crippen molar-refractivity contribution in [3.63, 3.8) is 0 Å². The Labute approximate surface area is 112 Å².